The van der Waals surface area contributed by atoms with Crippen LogP contribution in [0.5, 0.6) is 0 Å². The van der Waals surface area contributed by atoms with Gasteiger partial charge < -0.3 is 9.88 Å². The van der Waals surface area contributed by atoms with E-state index >= 15 is 0 Å². The molecule has 0 bridgehead atoms. The second kappa shape index (κ2) is 8.24. The molecule has 0 saturated heterocycles. The lowest BCUT2D eigenvalue weighted by Gasteiger charge is -2.23. The van der Waals surface area contributed by atoms with Crippen molar-refractivity contribution in [3.8, 4) is 10.7 Å². The molecular weight excluding hydrogens is 499 g/mol. The number of H-pyrrole nitrogens is 1. The average Bonchev–Trinajstić information content (AvgIpc) is 3.34. The highest BCUT2D eigenvalue weighted by molar-refractivity contribution is 7.88. The molecule has 1 aliphatic heterocycles. The Bertz CT molecular complexity index is 1470. The van der Waals surface area contributed by atoms with Crippen LogP contribution >= 0.6 is 35.2 Å². The SMILES string of the molecule is CN1C(C(=O)Nc2ccc(F)c(Cl)c2)=CC(c2ccc(-c3n[nH]c(=S)n3C)s2)=NS1(=O)=O. The summed E-state index contributed by atoms with van der Waals surface area (Å²) in [6, 6.07) is 7.08. The van der Waals surface area contributed by atoms with E-state index in [1.54, 1.807) is 23.7 Å². The average molecular weight is 513 g/mol. The van der Waals surface area contributed by atoms with E-state index in [1.165, 1.54) is 36.6 Å². The van der Waals surface area contributed by atoms with Crippen LogP contribution in [0.2, 0.25) is 5.02 Å². The molecule has 4 rings (SSSR count). The number of rotatable bonds is 4. The zero-order valence-electron chi connectivity index (χ0n) is 16.5. The maximum atomic E-state index is 13.4. The highest BCUT2D eigenvalue weighted by atomic mass is 35.5. The number of nitrogens with one attached hydrogen (secondary N) is 2. The third-order valence-electron chi connectivity index (χ3n) is 4.54. The molecule has 1 aliphatic rings. The standard InChI is InChI=1S/C18H14ClFN6O3S3/c1-25-16(22-23-18(25)30)15-6-5-14(31-15)12-8-13(26(2)32(28,29)24-12)17(27)21-9-3-4-11(20)10(19)7-9/h3-8H,1-2H3,(H,21,27)(H,23,30). The Morgan fingerprint density at radius 2 is 1.97 bits per heavy atom. The predicted octanol–water partition coefficient (Wildman–Crippen LogP) is 3.50. The van der Waals surface area contributed by atoms with Crippen molar-refractivity contribution >= 4 is 62.7 Å². The Morgan fingerprint density at radius 3 is 2.62 bits per heavy atom. The van der Waals surface area contributed by atoms with E-state index in [1.807, 2.05) is 0 Å². The Kier molecular flexibility index (Phi) is 5.75. The summed E-state index contributed by atoms with van der Waals surface area (Å²) in [5, 5.41) is 9.19. The highest BCUT2D eigenvalue weighted by Gasteiger charge is 2.30. The topological polar surface area (TPSA) is 112 Å². The molecule has 14 heteroatoms. The number of halogens is 2. The Balaban J connectivity index is 1.68. The molecule has 1 aromatic carbocycles. The molecule has 0 unspecified atom stereocenters. The number of likely N-dealkylation sites (N-methyl/N-ethyl adjacent to an activating group) is 1. The number of aromatic amines is 1. The van der Waals surface area contributed by atoms with Crippen molar-refractivity contribution in [3.05, 3.63) is 62.6 Å². The Hall–Kier alpha value is -2.87. The van der Waals surface area contributed by atoms with Gasteiger partial charge in [-0.25, -0.2) is 8.70 Å². The van der Waals surface area contributed by atoms with Crippen molar-refractivity contribution in [2.75, 3.05) is 12.4 Å². The molecule has 3 heterocycles. The number of benzene rings is 1. The number of anilines is 1. The number of carbonyl (C=O) groups excluding carboxylic acids is 1. The van der Waals surface area contributed by atoms with E-state index in [0.717, 1.165) is 15.2 Å². The summed E-state index contributed by atoms with van der Waals surface area (Å²) in [5.74, 6) is -0.784. The number of hydrogen-bond donors (Lipinski definition) is 2. The van der Waals surface area contributed by atoms with E-state index < -0.39 is 21.9 Å². The Morgan fingerprint density at radius 1 is 1.25 bits per heavy atom. The van der Waals surface area contributed by atoms with Crippen molar-refractivity contribution < 1.29 is 17.6 Å². The van der Waals surface area contributed by atoms with Crippen LogP contribution in [0.3, 0.4) is 0 Å². The maximum absolute atomic E-state index is 13.4. The second-order valence-corrected chi connectivity index (χ2v) is 10.1. The lowest BCUT2D eigenvalue weighted by atomic mass is 10.2. The second-order valence-electron chi connectivity index (χ2n) is 6.61. The fourth-order valence-corrected chi connectivity index (χ4v) is 5.08. The van der Waals surface area contributed by atoms with Crippen molar-refractivity contribution in [1.82, 2.24) is 19.1 Å². The molecule has 0 aliphatic carbocycles. The van der Waals surface area contributed by atoms with Crippen LogP contribution in [0.25, 0.3) is 10.7 Å². The van der Waals surface area contributed by atoms with Gasteiger partial charge in [0.25, 0.3) is 5.91 Å². The summed E-state index contributed by atoms with van der Waals surface area (Å²) in [6.45, 7) is 0. The molecule has 0 fully saturated rings. The first-order valence-electron chi connectivity index (χ1n) is 8.86. The van der Waals surface area contributed by atoms with Crippen LogP contribution in [-0.4, -0.2) is 46.2 Å². The smallest absolute Gasteiger partial charge is 0.321 e. The van der Waals surface area contributed by atoms with E-state index in [4.69, 9.17) is 23.8 Å². The molecule has 32 heavy (non-hydrogen) atoms. The molecule has 2 aromatic heterocycles. The number of allylic oxidation sites excluding steroid dienone is 1. The van der Waals surface area contributed by atoms with Crippen LogP contribution in [-0.2, 0) is 22.1 Å². The highest BCUT2D eigenvalue weighted by Crippen LogP contribution is 2.30. The first-order chi connectivity index (χ1) is 15.1. The summed E-state index contributed by atoms with van der Waals surface area (Å²) in [6.07, 6.45) is 1.36. The molecule has 0 saturated carbocycles. The minimum atomic E-state index is -4.15. The molecule has 166 valence electrons. The van der Waals surface area contributed by atoms with Crippen molar-refractivity contribution in [2.24, 2.45) is 11.4 Å². The van der Waals surface area contributed by atoms with E-state index in [9.17, 15) is 17.6 Å². The van der Waals surface area contributed by atoms with Crippen LogP contribution in [0.4, 0.5) is 10.1 Å². The Labute approximate surface area is 196 Å². The van der Waals surface area contributed by atoms with Gasteiger partial charge in [-0.1, -0.05) is 11.6 Å². The predicted molar refractivity (Wildman–Crippen MR) is 123 cm³/mol. The monoisotopic (exact) mass is 512 g/mol. The zero-order valence-corrected chi connectivity index (χ0v) is 19.7. The van der Waals surface area contributed by atoms with Crippen LogP contribution in [0.15, 0.2) is 46.5 Å². The first kappa shape index (κ1) is 22.3. The van der Waals surface area contributed by atoms with Gasteiger partial charge in [-0.2, -0.15) is 13.5 Å². The third-order valence-corrected chi connectivity index (χ3v) is 7.62. The number of aromatic nitrogens is 3. The van der Waals surface area contributed by atoms with Gasteiger partial charge in [0.15, 0.2) is 10.6 Å². The quantitative estimate of drug-likeness (QED) is 0.519. The van der Waals surface area contributed by atoms with Gasteiger partial charge in [0.05, 0.1) is 20.5 Å². The van der Waals surface area contributed by atoms with Gasteiger partial charge in [0, 0.05) is 19.8 Å². The molecule has 9 nitrogen and oxygen atoms in total. The van der Waals surface area contributed by atoms with Gasteiger partial charge in [0.2, 0.25) is 0 Å². The molecule has 2 N–H and O–H groups in total. The fourth-order valence-electron chi connectivity index (χ4n) is 2.81. The van der Waals surface area contributed by atoms with E-state index in [-0.39, 0.29) is 22.1 Å². The fraction of sp³-hybridized carbons (Fsp3) is 0.111. The summed E-state index contributed by atoms with van der Waals surface area (Å²) in [4.78, 5) is 14.1. The molecule has 0 spiro atoms. The number of carbonyl (C=O) groups is 1. The lowest BCUT2D eigenvalue weighted by molar-refractivity contribution is -0.113. The largest absolute Gasteiger partial charge is 0.345 e. The van der Waals surface area contributed by atoms with Crippen LogP contribution < -0.4 is 5.32 Å². The summed E-state index contributed by atoms with van der Waals surface area (Å²) >= 11 is 12.1. The van der Waals surface area contributed by atoms with Crippen molar-refractivity contribution in [2.45, 2.75) is 0 Å². The summed E-state index contributed by atoms with van der Waals surface area (Å²) in [7, 11) is -1.18. The number of hydrogen-bond acceptors (Lipinski definition) is 6. The third kappa shape index (κ3) is 4.11. The first-order valence-corrected chi connectivity index (χ1v) is 11.9. The number of nitrogens with zero attached hydrogens (tertiary/aromatic N) is 4. The van der Waals surface area contributed by atoms with Gasteiger partial charge >= 0.3 is 10.2 Å². The number of amides is 1. The van der Waals surface area contributed by atoms with Crippen LogP contribution in [0.1, 0.15) is 4.88 Å². The van der Waals surface area contributed by atoms with Crippen molar-refractivity contribution in [3.63, 3.8) is 0 Å². The normalized spacial score (nSPS) is 15.3. The molecule has 0 atom stereocenters. The van der Waals surface area contributed by atoms with E-state index in [0.29, 0.717) is 15.5 Å². The molecule has 0 radical (unpaired) electrons. The lowest BCUT2D eigenvalue weighted by Crippen LogP contribution is -2.35. The van der Waals surface area contributed by atoms with Gasteiger partial charge in [-0.15, -0.1) is 15.7 Å². The minimum Gasteiger partial charge on any atom is -0.321 e. The number of thiophene rings is 1. The van der Waals surface area contributed by atoms with Gasteiger partial charge in [-0.05, 0) is 48.6 Å². The minimum absolute atomic E-state index is 0.0958. The molecular formula is C18H14ClFN6O3S3. The van der Waals surface area contributed by atoms with Gasteiger partial charge in [0.1, 0.15) is 11.5 Å². The summed E-state index contributed by atoms with van der Waals surface area (Å²) in [5.41, 5.74) is 0.142. The summed E-state index contributed by atoms with van der Waals surface area (Å²) < 4.78 is 45.2. The molecule has 1 amide bonds. The molecule has 3 aromatic rings. The maximum Gasteiger partial charge on any atom is 0.345 e. The zero-order chi connectivity index (χ0) is 23.2. The van der Waals surface area contributed by atoms with Crippen molar-refractivity contribution in [1.29, 1.82) is 0 Å². The van der Waals surface area contributed by atoms with Gasteiger partial charge in [-0.3, -0.25) is 9.89 Å². The van der Waals surface area contributed by atoms with E-state index in [2.05, 4.69) is 19.9 Å². The van der Waals surface area contributed by atoms with Crippen LogP contribution in [0, 0.1) is 10.6 Å².